The van der Waals surface area contributed by atoms with E-state index in [1.807, 2.05) is 22.7 Å². The maximum atomic E-state index is 3.48. The average Bonchev–Trinajstić information content (AvgIpc) is 3.63. The van der Waals surface area contributed by atoms with Crippen molar-refractivity contribution in [3.8, 4) is 22.3 Å². The number of benzene rings is 4. The van der Waals surface area contributed by atoms with Crippen LogP contribution in [0.3, 0.4) is 0 Å². The fraction of sp³-hybridized carbons (Fsp3) is 0.263. The molecule has 2 unspecified atom stereocenters. The summed E-state index contributed by atoms with van der Waals surface area (Å²) in [7, 11) is 4.17. The van der Waals surface area contributed by atoms with Gasteiger partial charge >= 0.3 is 0 Å². The molecule has 6 aromatic rings. The Kier molecular flexibility index (Phi) is 10.8. The fourth-order valence-electron chi connectivity index (χ4n) is 6.81. The summed E-state index contributed by atoms with van der Waals surface area (Å²) in [6.45, 7) is 0. The van der Waals surface area contributed by atoms with Gasteiger partial charge in [0, 0.05) is 31.2 Å². The Morgan fingerprint density at radius 1 is 0.523 bits per heavy atom. The number of aryl methyl sites for hydroxylation is 2. The Morgan fingerprint density at radius 3 is 1.32 bits per heavy atom. The minimum absolute atomic E-state index is 0. The first-order chi connectivity index (χ1) is 20.7. The number of hydrogen-bond acceptors (Lipinski definition) is 4. The monoisotopic (exact) mass is 658 g/mol. The lowest BCUT2D eigenvalue weighted by atomic mass is 9.91. The van der Waals surface area contributed by atoms with Gasteiger partial charge in [0.25, 0.3) is 0 Å². The van der Waals surface area contributed by atoms with Crippen molar-refractivity contribution in [2.24, 2.45) is 0 Å². The van der Waals surface area contributed by atoms with E-state index in [0.29, 0.717) is 12.1 Å². The van der Waals surface area contributed by atoms with Gasteiger partial charge in [-0.15, -0.1) is 47.5 Å². The van der Waals surface area contributed by atoms with E-state index in [-0.39, 0.29) is 24.8 Å². The minimum atomic E-state index is 0. The molecular weight excluding hydrogens is 619 g/mol. The van der Waals surface area contributed by atoms with Crippen molar-refractivity contribution in [3.63, 3.8) is 0 Å². The van der Waals surface area contributed by atoms with Crippen molar-refractivity contribution in [2.75, 3.05) is 14.1 Å². The first-order valence-corrected chi connectivity index (χ1v) is 16.9. The molecule has 8 rings (SSSR count). The molecule has 2 N–H and O–H groups in total. The standard InChI is InChI=1S/2C19H19NS.2ClH/c2*1-20-17-9-5-8-15-16-12-14(13-6-3-2-4-7-13)10-11-18(16)21-19(15)17;;/h2*2-4,6-7,10-12,17,20H,5,8-9H2,1H3;2*1H. The zero-order chi connectivity index (χ0) is 28.5. The first kappa shape index (κ1) is 32.7. The van der Waals surface area contributed by atoms with Gasteiger partial charge in [-0.2, -0.15) is 0 Å². The Hall–Kier alpha value is -2.70. The van der Waals surface area contributed by atoms with Gasteiger partial charge in [0.05, 0.1) is 0 Å². The smallest absolute Gasteiger partial charge is 0.0415 e. The number of nitrogens with one attached hydrogen (secondary N) is 2. The Morgan fingerprint density at radius 2 is 0.932 bits per heavy atom. The van der Waals surface area contributed by atoms with Gasteiger partial charge in [-0.25, -0.2) is 0 Å². The van der Waals surface area contributed by atoms with Crippen molar-refractivity contribution in [2.45, 2.75) is 50.6 Å². The van der Waals surface area contributed by atoms with Crippen LogP contribution in [-0.4, -0.2) is 14.1 Å². The molecule has 2 aromatic heterocycles. The molecule has 228 valence electrons. The normalized spacial score (nSPS) is 17.0. The lowest BCUT2D eigenvalue weighted by Crippen LogP contribution is -2.19. The summed E-state index contributed by atoms with van der Waals surface area (Å²) in [5.74, 6) is 0. The number of fused-ring (bicyclic) bond motifs is 6. The lowest BCUT2D eigenvalue weighted by Gasteiger charge is -2.21. The fourth-order valence-corrected chi connectivity index (χ4v) is 9.57. The Balaban J connectivity index is 0.000000167. The van der Waals surface area contributed by atoms with E-state index in [1.54, 1.807) is 20.9 Å². The molecular formula is C38H40Cl2N2S2. The van der Waals surface area contributed by atoms with Gasteiger partial charge in [0.1, 0.15) is 0 Å². The summed E-state index contributed by atoms with van der Waals surface area (Å²) in [5, 5.41) is 9.89. The van der Waals surface area contributed by atoms with Crippen LogP contribution >= 0.6 is 47.5 Å². The van der Waals surface area contributed by atoms with Crippen LogP contribution in [0, 0.1) is 0 Å². The molecule has 0 radical (unpaired) electrons. The second-order valence-electron chi connectivity index (χ2n) is 11.5. The highest BCUT2D eigenvalue weighted by molar-refractivity contribution is 7.19. The topological polar surface area (TPSA) is 24.1 Å². The molecule has 0 amide bonds. The lowest BCUT2D eigenvalue weighted by molar-refractivity contribution is 0.507. The third-order valence-corrected chi connectivity index (χ3v) is 11.7. The maximum Gasteiger partial charge on any atom is 0.0415 e. The summed E-state index contributed by atoms with van der Waals surface area (Å²) in [6.07, 6.45) is 7.57. The van der Waals surface area contributed by atoms with Crippen LogP contribution in [0.1, 0.15) is 58.6 Å². The van der Waals surface area contributed by atoms with Crippen LogP contribution in [-0.2, 0) is 12.8 Å². The Bertz CT molecular complexity index is 1690. The van der Waals surface area contributed by atoms with Crippen molar-refractivity contribution in [1.29, 1.82) is 0 Å². The molecule has 2 aliphatic rings. The second kappa shape index (κ2) is 14.6. The molecule has 0 fully saturated rings. The van der Waals surface area contributed by atoms with Crippen molar-refractivity contribution in [1.82, 2.24) is 10.6 Å². The van der Waals surface area contributed by atoms with E-state index in [4.69, 9.17) is 0 Å². The zero-order valence-corrected chi connectivity index (χ0v) is 28.5. The Labute approximate surface area is 281 Å². The second-order valence-corrected chi connectivity index (χ2v) is 13.7. The number of rotatable bonds is 4. The van der Waals surface area contributed by atoms with Crippen molar-refractivity contribution in [3.05, 3.63) is 118 Å². The van der Waals surface area contributed by atoms with Crippen LogP contribution in [0.25, 0.3) is 42.4 Å². The largest absolute Gasteiger partial charge is 0.312 e. The number of hydrogen-bond donors (Lipinski definition) is 2. The maximum absolute atomic E-state index is 3.48. The predicted molar refractivity (Wildman–Crippen MR) is 198 cm³/mol. The third-order valence-electron chi connectivity index (χ3n) is 9.03. The van der Waals surface area contributed by atoms with E-state index in [1.165, 1.54) is 81.0 Å². The van der Waals surface area contributed by atoms with E-state index < -0.39 is 0 Å². The first-order valence-electron chi connectivity index (χ1n) is 15.3. The van der Waals surface area contributed by atoms with Gasteiger partial charge in [-0.3, -0.25) is 0 Å². The van der Waals surface area contributed by atoms with E-state index in [0.717, 1.165) is 0 Å². The van der Waals surface area contributed by atoms with Crippen LogP contribution in [0.5, 0.6) is 0 Å². The molecule has 0 bridgehead atoms. The van der Waals surface area contributed by atoms with Gasteiger partial charge in [-0.05, 0) is 121 Å². The van der Waals surface area contributed by atoms with Crippen LogP contribution < -0.4 is 10.6 Å². The van der Waals surface area contributed by atoms with Crippen LogP contribution in [0.2, 0.25) is 0 Å². The molecule has 6 heteroatoms. The molecule has 0 aliphatic heterocycles. The molecule has 4 aromatic carbocycles. The number of halogens is 2. The molecule has 44 heavy (non-hydrogen) atoms. The summed E-state index contributed by atoms with van der Waals surface area (Å²) in [4.78, 5) is 3.12. The van der Waals surface area contributed by atoms with Gasteiger partial charge < -0.3 is 10.6 Å². The highest BCUT2D eigenvalue weighted by Gasteiger charge is 2.24. The SMILES string of the molecule is CNC1CCCc2c1sc1ccc(-c3ccccc3)cc21.CNC1CCCc2c1sc1ccc(-c3ccccc3)cc21.Cl.Cl. The number of thiophene rings is 2. The molecule has 0 spiro atoms. The molecule has 2 heterocycles. The van der Waals surface area contributed by atoms with Crippen LogP contribution in [0.15, 0.2) is 97.1 Å². The summed E-state index contributed by atoms with van der Waals surface area (Å²) >= 11 is 3.95. The van der Waals surface area contributed by atoms with E-state index in [9.17, 15) is 0 Å². The van der Waals surface area contributed by atoms with Gasteiger partial charge in [-0.1, -0.05) is 72.8 Å². The summed E-state index contributed by atoms with van der Waals surface area (Å²) < 4.78 is 2.86. The van der Waals surface area contributed by atoms with Gasteiger partial charge in [0.15, 0.2) is 0 Å². The van der Waals surface area contributed by atoms with Gasteiger partial charge in [0.2, 0.25) is 0 Å². The van der Waals surface area contributed by atoms with Crippen LogP contribution in [0.4, 0.5) is 0 Å². The van der Waals surface area contributed by atoms with E-state index >= 15 is 0 Å². The third kappa shape index (κ3) is 6.35. The molecule has 2 aliphatic carbocycles. The predicted octanol–water partition coefficient (Wildman–Crippen LogP) is 11.2. The summed E-state index contributed by atoms with van der Waals surface area (Å²) in [6, 6.07) is 36.3. The molecule has 2 atom stereocenters. The molecule has 0 saturated heterocycles. The quantitative estimate of drug-likeness (QED) is 0.197. The average molecular weight is 660 g/mol. The molecule has 0 saturated carbocycles. The highest BCUT2D eigenvalue weighted by atomic mass is 35.5. The molecule has 2 nitrogen and oxygen atoms in total. The zero-order valence-electron chi connectivity index (χ0n) is 25.3. The van der Waals surface area contributed by atoms with Crippen molar-refractivity contribution < 1.29 is 0 Å². The summed E-state index contributed by atoms with van der Waals surface area (Å²) in [5.41, 5.74) is 8.43. The van der Waals surface area contributed by atoms with E-state index in [2.05, 4.69) is 122 Å². The minimum Gasteiger partial charge on any atom is -0.312 e. The highest BCUT2D eigenvalue weighted by Crippen LogP contribution is 2.43. The van der Waals surface area contributed by atoms with Crippen molar-refractivity contribution >= 4 is 67.7 Å².